The molecule has 0 spiro atoms. The average molecular weight is 302 g/mol. The fourth-order valence-corrected chi connectivity index (χ4v) is 4.01. The Bertz CT molecular complexity index is 531. The smallest absolute Gasteiger partial charge is 0.222 e. The Morgan fingerprint density at radius 1 is 1.09 bits per heavy atom. The quantitative estimate of drug-likeness (QED) is 0.930. The highest BCUT2D eigenvalue weighted by atomic mass is 16.2. The van der Waals surface area contributed by atoms with Crippen LogP contribution in [0.5, 0.6) is 0 Å². The largest absolute Gasteiger partial charge is 0.342 e. The van der Waals surface area contributed by atoms with Crippen molar-refractivity contribution >= 4 is 5.91 Å². The third-order valence-electron chi connectivity index (χ3n) is 5.56. The molecule has 1 aliphatic heterocycles. The number of amides is 1. The number of carbonyl (C=O) groups excluding carboxylic acids is 1. The van der Waals surface area contributed by atoms with E-state index >= 15 is 0 Å². The zero-order valence-corrected chi connectivity index (χ0v) is 13.3. The van der Waals surface area contributed by atoms with Gasteiger partial charge in [-0.3, -0.25) is 9.89 Å². The highest BCUT2D eigenvalue weighted by Gasteiger charge is 2.31. The van der Waals surface area contributed by atoms with Gasteiger partial charge in [-0.05, 0) is 44.4 Å². The Labute approximate surface area is 131 Å². The van der Waals surface area contributed by atoms with Crippen molar-refractivity contribution < 1.29 is 4.79 Å². The van der Waals surface area contributed by atoms with Crippen molar-refractivity contribution in [1.82, 2.24) is 20.1 Å². The van der Waals surface area contributed by atoms with Gasteiger partial charge in [0.25, 0.3) is 0 Å². The van der Waals surface area contributed by atoms with Gasteiger partial charge in [-0.15, -0.1) is 0 Å². The van der Waals surface area contributed by atoms with Crippen LogP contribution in [0, 0.1) is 5.92 Å². The molecule has 1 N–H and O–H groups in total. The summed E-state index contributed by atoms with van der Waals surface area (Å²) in [4.78, 5) is 19.3. The van der Waals surface area contributed by atoms with Gasteiger partial charge in [0.1, 0.15) is 5.82 Å². The fraction of sp³-hybridized carbons (Fsp3) is 0.824. The normalized spacial score (nSPS) is 26.5. The van der Waals surface area contributed by atoms with Crippen LogP contribution in [0.1, 0.15) is 81.3 Å². The molecule has 0 bridgehead atoms. The maximum atomic E-state index is 12.5. The summed E-state index contributed by atoms with van der Waals surface area (Å²) in [5, 5.41) is 7.53. The van der Waals surface area contributed by atoms with Crippen molar-refractivity contribution in [3.05, 3.63) is 11.6 Å². The lowest BCUT2D eigenvalue weighted by atomic mass is 9.96. The van der Waals surface area contributed by atoms with E-state index in [1.165, 1.54) is 38.5 Å². The molecule has 22 heavy (non-hydrogen) atoms. The highest BCUT2D eigenvalue weighted by Crippen LogP contribution is 2.38. The van der Waals surface area contributed by atoms with Gasteiger partial charge in [-0.2, -0.15) is 5.10 Å². The van der Waals surface area contributed by atoms with E-state index in [2.05, 4.69) is 20.1 Å². The molecule has 1 unspecified atom stereocenters. The molecule has 1 atom stereocenters. The van der Waals surface area contributed by atoms with Crippen LogP contribution in [0.3, 0.4) is 0 Å². The molecule has 2 aliphatic carbocycles. The molecule has 4 rings (SSSR count). The SMILES string of the molecule is O=C(CC1CCCC1)N1CCCC(c2n[nH]c(C3CC3)n2)C1. The van der Waals surface area contributed by atoms with E-state index < -0.39 is 0 Å². The predicted molar refractivity (Wildman–Crippen MR) is 83.5 cm³/mol. The third kappa shape index (κ3) is 3.03. The minimum Gasteiger partial charge on any atom is -0.342 e. The standard InChI is InChI=1S/C17H26N4O/c22-15(10-12-4-1-2-5-12)21-9-3-6-14(11-21)17-18-16(19-20-17)13-7-8-13/h12-14H,1-11H2,(H,18,19,20). The zero-order valence-electron chi connectivity index (χ0n) is 13.3. The number of aromatic nitrogens is 3. The van der Waals surface area contributed by atoms with Crippen molar-refractivity contribution in [2.24, 2.45) is 5.92 Å². The summed E-state index contributed by atoms with van der Waals surface area (Å²) in [6, 6.07) is 0. The van der Waals surface area contributed by atoms with Crippen LogP contribution in [0.2, 0.25) is 0 Å². The summed E-state index contributed by atoms with van der Waals surface area (Å²) in [7, 11) is 0. The van der Waals surface area contributed by atoms with Crippen LogP contribution in [-0.2, 0) is 4.79 Å². The van der Waals surface area contributed by atoms with Gasteiger partial charge in [0.05, 0.1) is 0 Å². The molecular formula is C17H26N4O. The van der Waals surface area contributed by atoms with Gasteiger partial charge in [-0.25, -0.2) is 4.98 Å². The summed E-state index contributed by atoms with van der Waals surface area (Å²) in [5.74, 6) is 3.92. The van der Waals surface area contributed by atoms with Crippen molar-refractivity contribution in [2.75, 3.05) is 13.1 Å². The second-order valence-corrected chi connectivity index (χ2v) is 7.39. The second kappa shape index (κ2) is 6.01. The molecule has 2 heterocycles. The van der Waals surface area contributed by atoms with Gasteiger partial charge < -0.3 is 4.90 Å². The Morgan fingerprint density at radius 2 is 1.91 bits per heavy atom. The van der Waals surface area contributed by atoms with Crippen molar-refractivity contribution in [1.29, 1.82) is 0 Å². The Hall–Kier alpha value is -1.39. The van der Waals surface area contributed by atoms with Gasteiger partial charge in [0.15, 0.2) is 5.82 Å². The highest BCUT2D eigenvalue weighted by molar-refractivity contribution is 5.76. The molecular weight excluding hydrogens is 276 g/mol. The summed E-state index contributed by atoms with van der Waals surface area (Å²) in [5.41, 5.74) is 0. The zero-order chi connectivity index (χ0) is 14.9. The van der Waals surface area contributed by atoms with Crippen LogP contribution >= 0.6 is 0 Å². The van der Waals surface area contributed by atoms with Crippen LogP contribution < -0.4 is 0 Å². The molecule has 5 nitrogen and oxygen atoms in total. The monoisotopic (exact) mass is 302 g/mol. The number of hydrogen-bond acceptors (Lipinski definition) is 3. The minimum atomic E-state index is 0.324. The van der Waals surface area contributed by atoms with E-state index in [1.807, 2.05) is 0 Å². The molecule has 1 amide bonds. The topological polar surface area (TPSA) is 61.9 Å². The lowest BCUT2D eigenvalue weighted by Crippen LogP contribution is -2.40. The molecule has 3 aliphatic rings. The summed E-state index contributed by atoms with van der Waals surface area (Å²) in [6.07, 6.45) is 10.5. The number of aromatic amines is 1. The van der Waals surface area contributed by atoms with Crippen LogP contribution in [0.15, 0.2) is 0 Å². The first kappa shape index (κ1) is 14.2. The molecule has 0 radical (unpaired) electrons. The number of piperidine rings is 1. The van der Waals surface area contributed by atoms with Crippen molar-refractivity contribution in [3.63, 3.8) is 0 Å². The molecule has 0 aromatic carbocycles. The first-order valence-electron chi connectivity index (χ1n) is 8.99. The molecule has 1 aromatic rings. The van der Waals surface area contributed by atoms with Crippen molar-refractivity contribution in [3.8, 4) is 0 Å². The van der Waals surface area contributed by atoms with Crippen LogP contribution in [0.4, 0.5) is 0 Å². The van der Waals surface area contributed by atoms with E-state index in [0.717, 1.165) is 44.0 Å². The molecule has 1 saturated heterocycles. The lowest BCUT2D eigenvalue weighted by Gasteiger charge is -2.32. The molecule has 1 aromatic heterocycles. The number of H-pyrrole nitrogens is 1. The van der Waals surface area contributed by atoms with Gasteiger partial charge in [-0.1, -0.05) is 12.8 Å². The maximum Gasteiger partial charge on any atom is 0.222 e. The number of rotatable bonds is 4. The summed E-state index contributed by atoms with van der Waals surface area (Å²) in [6.45, 7) is 1.73. The third-order valence-corrected chi connectivity index (χ3v) is 5.56. The van der Waals surface area contributed by atoms with E-state index in [-0.39, 0.29) is 0 Å². The van der Waals surface area contributed by atoms with Crippen LogP contribution in [-0.4, -0.2) is 39.1 Å². The van der Waals surface area contributed by atoms with E-state index in [9.17, 15) is 4.79 Å². The first-order chi connectivity index (χ1) is 10.8. The number of carbonyl (C=O) groups is 1. The first-order valence-corrected chi connectivity index (χ1v) is 8.99. The lowest BCUT2D eigenvalue weighted by molar-refractivity contribution is -0.133. The van der Waals surface area contributed by atoms with Gasteiger partial charge in [0, 0.05) is 31.3 Å². The Morgan fingerprint density at radius 3 is 2.68 bits per heavy atom. The van der Waals surface area contributed by atoms with E-state index in [4.69, 9.17) is 0 Å². The summed E-state index contributed by atoms with van der Waals surface area (Å²) >= 11 is 0. The number of nitrogens with zero attached hydrogens (tertiary/aromatic N) is 3. The Kier molecular flexibility index (Phi) is 3.89. The van der Waals surface area contributed by atoms with Gasteiger partial charge in [0.2, 0.25) is 5.91 Å². The average Bonchev–Trinajstić information content (AvgIpc) is 3.06. The molecule has 3 fully saturated rings. The maximum absolute atomic E-state index is 12.5. The second-order valence-electron chi connectivity index (χ2n) is 7.39. The minimum absolute atomic E-state index is 0.324. The number of likely N-dealkylation sites (tertiary alicyclic amines) is 1. The van der Waals surface area contributed by atoms with Crippen LogP contribution in [0.25, 0.3) is 0 Å². The molecule has 2 saturated carbocycles. The number of nitrogens with one attached hydrogen (secondary N) is 1. The summed E-state index contributed by atoms with van der Waals surface area (Å²) < 4.78 is 0. The van der Waals surface area contributed by atoms with E-state index in [1.54, 1.807) is 0 Å². The fourth-order valence-electron chi connectivity index (χ4n) is 4.01. The van der Waals surface area contributed by atoms with E-state index in [0.29, 0.717) is 23.7 Å². The Balaban J connectivity index is 1.36. The molecule has 5 heteroatoms. The van der Waals surface area contributed by atoms with Gasteiger partial charge >= 0.3 is 0 Å². The van der Waals surface area contributed by atoms with Crippen molar-refractivity contribution in [2.45, 2.75) is 69.6 Å². The predicted octanol–water partition coefficient (Wildman–Crippen LogP) is 2.97. The molecule has 120 valence electrons. The number of hydrogen-bond donors (Lipinski definition) is 1.